The number of aromatic hydroxyl groups is 1. The largest absolute Gasteiger partial charge is 0.509 e. The zero-order valence-electron chi connectivity index (χ0n) is 23.3. The summed E-state index contributed by atoms with van der Waals surface area (Å²) in [6.07, 6.45) is 2.01. The lowest BCUT2D eigenvalue weighted by Gasteiger charge is -2.44. The molecule has 0 spiro atoms. The van der Waals surface area contributed by atoms with Crippen LogP contribution in [0.1, 0.15) is 57.1 Å². The number of esters is 1. The van der Waals surface area contributed by atoms with Crippen molar-refractivity contribution in [2.45, 2.75) is 82.6 Å². The summed E-state index contributed by atoms with van der Waals surface area (Å²) in [6.45, 7) is 3.77. The minimum Gasteiger partial charge on any atom is -0.508 e. The second kappa shape index (κ2) is 13.3. The zero-order chi connectivity index (χ0) is 28.7. The average Bonchev–Trinajstić information content (AvgIpc) is 3.48. The van der Waals surface area contributed by atoms with Crippen LogP contribution >= 0.6 is 0 Å². The molecule has 0 radical (unpaired) electrons. The van der Waals surface area contributed by atoms with Crippen molar-refractivity contribution in [3.8, 4) is 5.75 Å². The first-order valence-corrected chi connectivity index (χ1v) is 14.2. The van der Waals surface area contributed by atoms with Crippen molar-refractivity contribution in [1.82, 2.24) is 4.90 Å². The maximum absolute atomic E-state index is 14.4. The highest BCUT2D eigenvalue weighted by Gasteiger charge is 2.64. The van der Waals surface area contributed by atoms with E-state index in [1.807, 2.05) is 35.2 Å². The van der Waals surface area contributed by atoms with Gasteiger partial charge in [-0.15, -0.1) is 0 Å². The minimum absolute atomic E-state index is 0.134. The highest BCUT2D eigenvalue weighted by molar-refractivity contribution is 5.95. The molecule has 9 heteroatoms. The van der Waals surface area contributed by atoms with Crippen LogP contribution in [0, 0.1) is 5.92 Å². The van der Waals surface area contributed by atoms with Gasteiger partial charge in [0, 0.05) is 6.42 Å². The number of phenols is 1. The maximum atomic E-state index is 14.4. The van der Waals surface area contributed by atoms with E-state index in [0.29, 0.717) is 25.7 Å². The Morgan fingerprint density at radius 1 is 1.02 bits per heavy atom. The number of likely N-dealkylation sites (tertiary alicyclic amines) is 1. The van der Waals surface area contributed by atoms with Crippen molar-refractivity contribution in [1.29, 1.82) is 0 Å². The topological polar surface area (TPSA) is 128 Å². The van der Waals surface area contributed by atoms with E-state index in [4.69, 9.17) is 19.9 Å². The fourth-order valence-electron chi connectivity index (χ4n) is 6.48. The van der Waals surface area contributed by atoms with Crippen LogP contribution in [-0.2, 0) is 36.6 Å². The van der Waals surface area contributed by atoms with E-state index in [-0.39, 0.29) is 37.1 Å². The zero-order valence-corrected chi connectivity index (χ0v) is 23.3. The lowest BCUT2D eigenvalue weighted by Crippen LogP contribution is -2.64. The predicted molar refractivity (Wildman–Crippen MR) is 148 cm³/mol. The molecule has 1 saturated heterocycles. The van der Waals surface area contributed by atoms with Crippen LogP contribution in [-0.4, -0.2) is 65.0 Å². The van der Waals surface area contributed by atoms with E-state index in [1.165, 1.54) is 0 Å². The molecule has 216 valence electrons. The van der Waals surface area contributed by atoms with Crippen molar-refractivity contribution in [2.75, 3.05) is 13.2 Å². The monoisotopic (exact) mass is 552 g/mol. The summed E-state index contributed by atoms with van der Waals surface area (Å²) in [4.78, 5) is 42.3. The van der Waals surface area contributed by atoms with Crippen molar-refractivity contribution in [2.24, 2.45) is 11.7 Å². The Morgan fingerprint density at radius 3 is 2.40 bits per heavy atom. The Balaban J connectivity index is 1.71. The average molecular weight is 553 g/mol. The summed E-state index contributed by atoms with van der Waals surface area (Å²) in [7, 11) is 0. The number of fused-ring (bicyclic) bond motifs is 1. The van der Waals surface area contributed by atoms with Crippen LogP contribution in [0.15, 0.2) is 54.6 Å². The van der Waals surface area contributed by atoms with Gasteiger partial charge in [-0.1, -0.05) is 48.9 Å². The number of hydrogen-bond acceptors (Lipinski definition) is 9. The predicted octanol–water partition coefficient (Wildman–Crippen LogP) is 4.14. The molecule has 0 amide bonds. The van der Waals surface area contributed by atoms with E-state index in [0.717, 1.165) is 24.0 Å². The number of aryl methyl sites for hydroxylation is 1. The van der Waals surface area contributed by atoms with Gasteiger partial charge < -0.3 is 25.1 Å². The normalized spacial score (nSPS) is 23.7. The maximum Gasteiger partial charge on any atom is 0.509 e. The van der Waals surface area contributed by atoms with Crippen molar-refractivity contribution in [3.05, 3.63) is 65.7 Å². The van der Waals surface area contributed by atoms with E-state index in [1.54, 1.807) is 38.1 Å². The number of ether oxygens (including phenoxy) is 3. The number of benzene rings is 2. The molecule has 9 nitrogen and oxygen atoms in total. The Bertz CT molecular complexity index is 1160. The van der Waals surface area contributed by atoms with Gasteiger partial charge in [0.1, 0.15) is 11.8 Å². The molecule has 2 aromatic rings. The molecular weight excluding hydrogens is 512 g/mol. The summed E-state index contributed by atoms with van der Waals surface area (Å²) in [5.41, 5.74) is 7.37. The molecule has 2 aliphatic rings. The molecule has 1 aliphatic carbocycles. The number of nitrogens with zero attached hydrogens (tertiary/aromatic N) is 1. The van der Waals surface area contributed by atoms with Gasteiger partial charge in [0.2, 0.25) is 0 Å². The van der Waals surface area contributed by atoms with E-state index >= 15 is 0 Å². The van der Waals surface area contributed by atoms with Gasteiger partial charge in [-0.3, -0.25) is 9.59 Å². The fourth-order valence-corrected chi connectivity index (χ4v) is 6.48. The number of hydrogen-bond donors (Lipinski definition) is 2. The molecule has 1 aliphatic heterocycles. The van der Waals surface area contributed by atoms with Crippen LogP contribution < -0.4 is 5.73 Å². The number of nitrogens with two attached hydrogens (primary N) is 1. The Morgan fingerprint density at radius 2 is 1.73 bits per heavy atom. The summed E-state index contributed by atoms with van der Waals surface area (Å²) < 4.78 is 16.4. The van der Waals surface area contributed by atoms with Gasteiger partial charge in [0.05, 0.1) is 24.8 Å². The van der Waals surface area contributed by atoms with Gasteiger partial charge >= 0.3 is 12.1 Å². The molecule has 0 bridgehead atoms. The van der Waals surface area contributed by atoms with E-state index < -0.39 is 36.0 Å². The number of ketones is 1. The van der Waals surface area contributed by atoms with E-state index in [9.17, 15) is 19.5 Å². The first-order chi connectivity index (χ1) is 19.3. The van der Waals surface area contributed by atoms with Gasteiger partial charge in [-0.2, -0.15) is 0 Å². The molecular formula is C31H40N2O7. The summed E-state index contributed by atoms with van der Waals surface area (Å²) in [5, 5.41) is 9.66. The van der Waals surface area contributed by atoms with Crippen LogP contribution in [0.25, 0.3) is 0 Å². The number of rotatable bonds is 12. The third-order valence-electron chi connectivity index (χ3n) is 8.14. The lowest BCUT2D eigenvalue weighted by atomic mass is 9.79. The summed E-state index contributed by atoms with van der Waals surface area (Å²) >= 11 is 0. The van der Waals surface area contributed by atoms with Crippen LogP contribution in [0.2, 0.25) is 0 Å². The molecule has 2 aromatic carbocycles. The van der Waals surface area contributed by atoms with Crippen LogP contribution in [0.4, 0.5) is 4.79 Å². The highest BCUT2D eigenvalue weighted by Crippen LogP contribution is 2.52. The first kappa shape index (κ1) is 29.6. The summed E-state index contributed by atoms with van der Waals surface area (Å²) in [5.74, 6) is -0.636. The fraction of sp³-hybridized carbons (Fsp3) is 0.516. The molecule has 1 saturated carbocycles. The minimum atomic E-state index is -1.08. The number of carbonyl (C=O) groups is 3. The molecule has 1 heterocycles. The lowest BCUT2D eigenvalue weighted by molar-refractivity contribution is -0.163. The van der Waals surface area contributed by atoms with Gasteiger partial charge in [0.25, 0.3) is 0 Å². The molecule has 40 heavy (non-hydrogen) atoms. The second-order valence-corrected chi connectivity index (χ2v) is 10.5. The first-order valence-electron chi connectivity index (χ1n) is 14.2. The van der Waals surface area contributed by atoms with Gasteiger partial charge in [-0.25, -0.2) is 9.69 Å². The molecule has 0 aromatic heterocycles. The SMILES string of the molecule is CCOC(=O)O[C@H]1C[C@@H]2CCC[C@]2(C(=O)C(N)Cc2ccc(O)cc2)N1[C@@H](CCc1ccccc1)C(=O)OCC. The van der Waals surface area contributed by atoms with Crippen molar-refractivity contribution >= 4 is 17.9 Å². The quantitative estimate of drug-likeness (QED) is 0.373. The number of carbonyl (C=O) groups excluding carboxylic acids is 3. The number of phenolic OH excluding ortho intramolecular Hbond substituents is 1. The molecule has 3 N–H and O–H groups in total. The smallest absolute Gasteiger partial charge is 0.508 e. The van der Waals surface area contributed by atoms with Crippen molar-refractivity contribution < 1.29 is 33.7 Å². The molecule has 5 atom stereocenters. The standard InChI is InChI=1S/C31H40N2O7/c1-3-38-29(36)26(17-14-21-9-6-5-7-10-21)33-27(40-30(37)39-4-2)20-23-11-8-18-31(23,33)28(35)25(32)19-22-12-15-24(34)16-13-22/h5-7,9-10,12-13,15-16,23,25-27,34H,3-4,8,11,14,17-20,32H2,1-2H3/t23-,25?,26-,27-,31-/m0/s1. The van der Waals surface area contributed by atoms with Crippen LogP contribution in [0.3, 0.4) is 0 Å². The van der Waals surface area contributed by atoms with E-state index in [2.05, 4.69) is 0 Å². The third-order valence-corrected chi connectivity index (χ3v) is 8.14. The Hall–Kier alpha value is -3.43. The van der Waals surface area contributed by atoms with Crippen molar-refractivity contribution in [3.63, 3.8) is 0 Å². The summed E-state index contributed by atoms with van der Waals surface area (Å²) in [6, 6.07) is 14.7. The second-order valence-electron chi connectivity index (χ2n) is 10.5. The third kappa shape index (κ3) is 6.31. The molecule has 1 unspecified atom stereocenters. The molecule has 4 rings (SSSR count). The molecule has 2 fully saturated rings. The van der Waals surface area contributed by atoms with Gasteiger partial charge in [0.15, 0.2) is 12.0 Å². The Kier molecular flexibility index (Phi) is 9.81. The highest BCUT2D eigenvalue weighted by atomic mass is 16.7. The van der Waals surface area contributed by atoms with Gasteiger partial charge in [-0.05, 0) is 75.1 Å². The van der Waals surface area contributed by atoms with Crippen LogP contribution in [0.5, 0.6) is 5.75 Å². The Labute approximate surface area is 235 Å². The number of Topliss-reactive ketones (excluding diaryl/α,β-unsaturated/α-hetero) is 1.